The number of ether oxygens (including phenoxy) is 2. The molecule has 0 unspecified atom stereocenters. The normalized spacial score (nSPS) is 10.6. The molecule has 0 atom stereocenters. The standard InChI is InChI=1S/C13H16N2O4/c1-3-18-7-6-12-14-13(19-15-12)10-8-9(17-2)4-5-11(10)16/h4-5,8,16H,3,6-7H2,1-2H3. The number of aromatic nitrogens is 2. The Hall–Kier alpha value is -2.08. The molecular weight excluding hydrogens is 248 g/mol. The Labute approximate surface area is 111 Å². The molecule has 0 aliphatic heterocycles. The van der Waals surface area contributed by atoms with Crippen LogP contribution in [0.3, 0.4) is 0 Å². The molecule has 1 aromatic carbocycles. The van der Waals surface area contributed by atoms with E-state index in [1.807, 2.05) is 6.92 Å². The monoisotopic (exact) mass is 264 g/mol. The summed E-state index contributed by atoms with van der Waals surface area (Å²) in [6.45, 7) is 3.12. The highest BCUT2D eigenvalue weighted by atomic mass is 16.5. The largest absolute Gasteiger partial charge is 0.507 e. The highest BCUT2D eigenvalue weighted by molar-refractivity contribution is 5.64. The van der Waals surface area contributed by atoms with Crippen LogP contribution in [-0.4, -0.2) is 35.6 Å². The van der Waals surface area contributed by atoms with Crippen molar-refractivity contribution >= 4 is 0 Å². The van der Waals surface area contributed by atoms with E-state index in [1.165, 1.54) is 6.07 Å². The summed E-state index contributed by atoms with van der Waals surface area (Å²) in [4.78, 5) is 4.22. The highest BCUT2D eigenvalue weighted by Crippen LogP contribution is 2.31. The second-order valence-electron chi connectivity index (χ2n) is 3.85. The average Bonchev–Trinajstić information content (AvgIpc) is 2.88. The lowest BCUT2D eigenvalue weighted by atomic mass is 10.2. The number of hydrogen-bond donors (Lipinski definition) is 1. The van der Waals surface area contributed by atoms with Crippen molar-refractivity contribution in [2.75, 3.05) is 20.3 Å². The van der Waals surface area contributed by atoms with Crippen molar-refractivity contribution in [3.63, 3.8) is 0 Å². The molecule has 0 spiro atoms. The first kappa shape index (κ1) is 13.4. The summed E-state index contributed by atoms with van der Waals surface area (Å²) in [5.74, 6) is 1.50. The van der Waals surface area contributed by atoms with Crippen molar-refractivity contribution in [3.05, 3.63) is 24.0 Å². The fourth-order valence-corrected chi connectivity index (χ4v) is 1.59. The Bertz CT molecular complexity index is 539. The zero-order valence-electron chi connectivity index (χ0n) is 10.9. The smallest absolute Gasteiger partial charge is 0.261 e. The lowest BCUT2D eigenvalue weighted by molar-refractivity contribution is 0.149. The second kappa shape index (κ2) is 6.19. The number of hydrogen-bond acceptors (Lipinski definition) is 6. The van der Waals surface area contributed by atoms with E-state index in [0.717, 1.165) is 0 Å². The van der Waals surface area contributed by atoms with Crippen molar-refractivity contribution in [2.24, 2.45) is 0 Å². The zero-order valence-corrected chi connectivity index (χ0v) is 10.9. The molecule has 1 aromatic heterocycles. The molecule has 6 heteroatoms. The van der Waals surface area contributed by atoms with E-state index < -0.39 is 0 Å². The van der Waals surface area contributed by atoms with Gasteiger partial charge in [0.1, 0.15) is 11.5 Å². The van der Waals surface area contributed by atoms with Gasteiger partial charge in [-0.05, 0) is 25.1 Å². The molecule has 19 heavy (non-hydrogen) atoms. The summed E-state index contributed by atoms with van der Waals surface area (Å²) >= 11 is 0. The molecule has 2 aromatic rings. The molecule has 0 radical (unpaired) electrons. The summed E-state index contributed by atoms with van der Waals surface area (Å²) in [7, 11) is 1.55. The van der Waals surface area contributed by atoms with Crippen molar-refractivity contribution in [2.45, 2.75) is 13.3 Å². The van der Waals surface area contributed by atoms with E-state index in [2.05, 4.69) is 10.1 Å². The summed E-state index contributed by atoms with van der Waals surface area (Å²) in [6.07, 6.45) is 0.571. The van der Waals surface area contributed by atoms with E-state index in [1.54, 1.807) is 19.2 Å². The van der Waals surface area contributed by atoms with Gasteiger partial charge in [0, 0.05) is 13.0 Å². The van der Waals surface area contributed by atoms with Gasteiger partial charge >= 0.3 is 0 Å². The maximum Gasteiger partial charge on any atom is 0.261 e. The van der Waals surface area contributed by atoms with Gasteiger partial charge in [-0.2, -0.15) is 4.98 Å². The van der Waals surface area contributed by atoms with E-state index in [9.17, 15) is 5.11 Å². The van der Waals surface area contributed by atoms with Crippen LogP contribution >= 0.6 is 0 Å². The first-order chi connectivity index (χ1) is 9.24. The molecule has 0 amide bonds. The summed E-state index contributed by atoms with van der Waals surface area (Å²) in [5, 5.41) is 13.6. The number of rotatable bonds is 6. The minimum absolute atomic E-state index is 0.0702. The quantitative estimate of drug-likeness (QED) is 0.804. The van der Waals surface area contributed by atoms with Crippen molar-refractivity contribution in [3.8, 4) is 23.0 Å². The van der Waals surface area contributed by atoms with Crippen LogP contribution in [-0.2, 0) is 11.2 Å². The Kier molecular flexibility index (Phi) is 4.35. The van der Waals surface area contributed by atoms with E-state index in [-0.39, 0.29) is 11.6 Å². The zero-order chi connectivity index (χ0) is 13.7. The minimum Gasteiger partial charge on any atom is -0.507 e. The molecule has 1 N–H and O–H groups in total. The lowest BCUT2D eigenvalue weighted by Gasteiger charge is -2.02. The molecule has 102 valence electrons. The molecule has 1 heterocycles. The van der Waals surface area contributed by atoms with E-state index in [0.29, 0.717) is 36.8 Å². The SMILES string of the molecule is CCOCCc1noc(-c2cc(OC)ccc2O)n1. The number of nitrogens with zero attached hydrogens (tertiary/aromatic N) is 2. The van der Waals surface area contributed by atoms with Crippen LogP contribution in [0, 0.1) is 0 Å². The maximum absolute atomic E-state index is 9.80. The van der Waals surface area contributed by atoms with Gasteiger partial charge in [0.05, 0.1) is 19.3 Å². The van der Waals surface area contributed by atoms with Gasteiger partial charge in [-0.1, -0.05) is 5.16 Å². The molecular formula is C13H16N2O4. The van der Waals surface area contributed by atoms with Gasteiger partial charge in [-0.25, -0.2) is 0 Å². The molecule has 6 nitrogen and oxygen atoms in total. The first-order valence-electron chi connectivity index (χ1n) is 6.02. The number of benzene rings is 1. The van der Waals surface area contributed by atoms with E-state index >= 15 is 0 Å². The van der Waals surface area contributed by atoms with Crippen LogP contribution in [0.25, 0.3) is 11.5 Å². The van der Waals surface area contributed by atoms with Gasteiger partial charge < -0.3 is 19.1 Å². The lowest BCUT2D eigenvalue weighted by Crippen LogP contribution is -1.99. The van der Waals surface area contributed by atoms with Gasteiger partial charge in [0.2, 0.25) is 0 Å². The van der Waals surface area contributed by atoms with Crippen LogP contribution in [0.2, 0.25) is 0 Å². The topological polar surface area (TPSA) is 77.6 Å². The summed E-state index contributed by atoms with van der Waals surface area (Å²) < 4.78 is 15.4. The second-order valence-corrected chi connectivity index (χ2v) is 3.85. The van der Waals surface area contributed by atoms with Crippen LogP contribution in [0.4, 0.5) is 0 Å². The Balaban J connectivity index is 2.17. The third-order valence-electron chi connectivity index (χ3n) is 2.58. The third kappa shape index (κ3) is 3.23. The Morgan fingerprint density at radius 2 is 2.21 bits per heavy atom. The number of phenolic OH excluding ortho intramolecular Hbond substituents is 1. The predicted molar refractivity (Wildman–Crippen MR) is 68.1 cm³/mol. The van der Waals surface area contributed by atoms with Crippen molar-refractivity contribution < 1.29 is 19.1 Å². The summed E-state index contributed by atoms with van der Waals surface area (Å²) in [6, 6.07) is 4.83. The molecule has 2 rings (SSSR count). The molecule has 0 saturated carbocycles. The van der Waals surface area contributed by atoms with Gasteiger partial charge in [-0.3, -0.25) is 0 Å². The van der Waals surface area contributed by atoms with Gasteiger partial charge in [0.15, 0.2) is 5.82 Å². The van der Waals surface area contributed by atoms with Gasteiger partial charge in [0.25, 0.3) is 5.89 Å². The summed E-state index contributed by atoms with van der Waals surface area (Å²) in [5.41, 5.74) is 0.453. The highest BCUT2D eigenvalue weighted by Gasteiger charge is 2.13. The Morgan fingerprint density at radius 1 is 1.37 bits per heavy atom. The first-order valence-corrected chi connectivity index (χ1v) is 6.02. The van der Waals surface area contributed by atoms with E-state index in [4.69, 9.17) is 14.0 Å². The average molecular weight is 264 g/mol. The molecule has 0 bridgehead atoms. The van der Waals surface area contributed by atoms with Crippen LogP contribution in [0.5, 0.6) is 11.5 Å². The molecule has 0 saturated heterocycles. The minimum atomic E-state index is 0.0702. The van der Waals surface area contributed by atoms with Gasteiger partial charge in [-0.15, -0.1) is 0 Å². The van der Waals surface area contributed by atoms with Crippen LogP contribution in [0.1, 0.15) is 12.7 Å². The Morgan fingerprint density at radius 3 is 2.95 bits per heavy atom. The third-order valence-corrected chi connectivity index (χ3v) is 2.58. The number of aromatic hydroxyl groups is 1. The number of methoxy groups -OCH3 is 1. The fraction of sp³-hybridized carbons (Fsp3) is 0.385. The van der Waals surface area contributed by atoms with Crippen molar-refractivity contribution in [1.82, 2.24) is 10.1 Å². The molecule has 0 fully saturated rings. The maximum atomic E-state index is 9.80. The van der Waals surface area contributed by atoms with Crippen LogP contribution < -0.4 is 4.74 Å². The molecule has 0 aliphatic rings. The van der Waals surface area contributed by atoms with Crippen molar-refractivity contribution in [1.29, 1.82) is 0 Å². The fourth-order valence-electron chi connectivity index (χ4n) is 1.59. The van der Waals surface area contributed by atoms with Crippen LogP contribution in [0.15, 0.2) is 22.7 Å². The molecule has 0 aliphatic carbocycles. The number of phenols is 1. The predicted octanol–water partition coefficient (Wildman–Crippen LogP) is 2.03.